The van der Waals surface area contributed by atoms with Gasteiger partial charge in [0.1, 0.15) is 11.6 Å². The Bertz CT molecular complexity index is 408. The van der Waals surface area contributed by atoms with E-state index < -0.39 is 5.82 Å². The SMILES string of the molecule is CC1C(N)CCN(c2cc(F)ccc2F)C1C. The molecular weight excluding hydrogens is 222 g/mol. The molecule has 1 fully saturated rings. The van der Waals surface area contributed by atoms with Gasteiger partial charge in [-0.15, -0.1) is 0 Å². The molecule has 3 atom stereocenters. The van der Waals surface area contributed by atoms with Gasteiger partial charge in [0, 0.05) is 24.7 Å². The summed E-state index contributed by atoms with van der Waals surface area (Å²) in [6.07, 6.45) is 0.807. The molecule has 0 aromatic heterocycles. The minimum absolute atomic E-state index is 0.120. The lowest BCUT2D eigenvalue weighted by Crippen LogP contribution is -2.52. The van der Waals surface area contributed by atoms with Crippen LogP contribution in [0.2, 0.25) is 0 Å². The zero-order chi connectivity index (χ0) is 12.6. The number of rotatable bonds is 1. The van der Waals surface area contributed by atoms with E-state index in [9.17, 15) is 8.78 Å². The number of nitrogens with two attached hydrogens (primary N) is 1. The molecule has 2 nitrogen and oxygen atoms in total. The summed E-state index contributed by atoms with van der Waals surface area (Å²) in [5.41, 5.74) is 6.33. The molecule has 2 rings (SSSR count). The molecule has 0 aliphatic carbocycles. The number of anilines is 1. The molecule has 1 heterocycles. The van der Waals surface area contributed by atoms with Crippen molar-refractivity contribution in [2.75, 3.05) is 11.4 Å². The Morgan fingerprint density at radius 3 is 2.71 bits per heavy atom. The number of piperidine rings is 1. The first-order chi connectivity index (χ1) is 8.00. The predicted octanol–water partition coefficient (Wildman–Crippen LogP) is 2.53. The fourth-order valence-electron chi connectivity index (χ4n) is 2.44. The maximum absolute atomic E-state index is 13.7. The first-order valence-corrected chi connectivity index (χ1v) is 5.98. The fourth-order valence-corrected chi connectivity index (χ4v) is 2.44. The molecule has 4 heteroatoms. The van der Waals surface area contributed by atoms with E-state index in [1.165, 1.54) is 12.1 Å². The Morgan fingerprint density at radius 2 is 2.00 bits per heavy atom. The molecule has 1 aliphatic rings. The van der Waals surface area contributed by atoms with Crippen LogP contribution in [-0.4, -0.2) is 18.6 Å². The highest BCUT2D eigenvalue weighted by Gasteiger charge is 2.31. The third-order valence-corrected chi connectivity index (χ3v) is 3.85. The van der Waals surface area contributed by atoms with E-state index in [0.29, 0.717) is 12.2 Å². The smallest absolute Gasteiger partial charge is 0.146 e. The highest BCUT2D eigenvalue weighted by Crippen LogP contribution is 2.30. The Balaban J connectivity index is 2.30. The monoisotopic (exact) mass is 240 g/mol. The van der Waals surface area contributed by atoms with Gasteiger partial charge in [-0.05, 0) is 31.4 Å². The highest BCUT2D eigenvalue weighted by molar-refractivity contribution is 5.49. The van der Waals surface area contributed by atoms with Crippen LogP contribution in [0.5, 0.6) is 0 Å². The van der Waals surface area contributed by atoms with Crippen molar-refractivity contribution in [3.05, 3.63) is 29.8 Å². The summed E-state index contributed by atoms with van der Waals surface area (Å²) in [5, 5.41) is 0. The van der Waals surface area contributed by atoms with Crippen molar-refractivity contribution in [3.8, 4) is 0 Å². The molecule has 0 radical (unpaired) electrons. The van der Waals surface area contributed by atoms with Crippen LogP contribution in [0.1, 0.15) is 20.3 Å². The van der Waals surface area contributed by atoms with Gasteiger partial charge in [-0.1, -0.05) is 6.92 Å². The minimum atomic E-state index is -0.406. The van der Waals surface area contributed by atoms with Gasteiger partial charge >= 0.3 is 0 Å². The van der Waals surface area contributed by atoms with E-state index in [-0.39, 0.29) is 23.8 Å². The number of benzene rings is 1. The lowest BCUT2D eigenvalue weighted by atomic mass is 9.87. The number of hydrogen-bond acceptors (Lipinski definition) is 2. The van der Waals surface area contributed by atoms with Crippen molar-refractivity contribution < 1.29 is 8.78 Å². The molecule has 0 spiro atoms. The molecule has 1 aromatic rings. The van der Waals surface area contributed by atoms with Crippen molar-refractivity contribution in [3.63, 3.8) is 0 Å². The first kappa shape index (κ1) is 12.3. The molecule has 17 heavy (non-hydrogen) atoms. The van der Waals surface area contributed by atoms with Gasteiger partial charge in [0.05, 0.1) is 5.69 Å². The third kappa shape index (κ3) is 2.27. The van der Waals surface area contributed by atoms with Gasteiger partial charge in [0.15, 0.2) is 0 Å². The van der Waals surface area contributed by atoms with Crippen LogP contribution >= 0.6 is 0 Å². The van der Waals surface area contributed by atoms with E-state index in [4.69, 9.17) is 5.73 Å². The Hall–Kier alpha value is -1.16. The molecule has 1 aliphatic heterocycles. The molecule has 0 bridgehead atoms. The molecular formula is C13H18F2N2. The Labute approximate surface area is 100 Å². The second-order valence-corrected chi connectivity index (χ2v) is 4.84. The summed E-state index contributed by atoms with van der Waals surface area (Å²) in [6.45, 7) is 4.74. The van der Waals surface area contributed by atoms with Crippen molar-refractivity contribution in [1.82, 2.24) is 0 Å². The topological polar surface area (TPSA) is 29.3 Å². The van der Waals surface area contributed by atoms with Gasteiger partial charge in [-0.2, -0.15) is 0 Å². The average Bonchev–Trinajstić information content (AvgIpc) is 2.30. The number of nitrogens with zero attached hydrogens (tertiary/aromatic N) is 1. The molecule has 0 saturated carbocycles. The van der Waals surface area contributed by atoms with Crippen molar-refractivity contribution in [2.45, 2.75) is 32.4 Å². The van der Waals surface area contributed by atoms with Gasteiger partial charge in [0.2, 0.25) is 0 Å². The molecule has 3 unspecified atom stereocenters. The summed E-state index contributed by atoms with van der Waals surface area (Å²) in [6, 6.07) is 3.84. The van der Waals surface area contributed by atoms with E-state index in [2.05, 4.69) is 6.92 Å². The maximum atomic E-state index is 13.7. The largest absolute Gasteiger partial charge is 0.366 e. The standard InChI is InChI=1S/C13H18F2N2/c1-8-9(2)17(6-5-12(8)16)13-7-10(14)3-4-11(13)15/h3-4,7-9,12H,5-6,16H2,1-2H3. The van der Waals surface area contributed by atoms with Gasteiger partial charge in [0.25, 0.3) is 0 Å². The summed E-state index contributed by atoms with van der Waals surface area (Å²) in [7, 11) is 0. The molecule has 94 valence electrons. The number of halogens is 2. The molecule has 1 aromatic carbocycles. The maximum Gasteiger partial charge on any atom is 0.146 e. The third-order valence-electron chi connectivity index (χ3n) is 3.85. The molecule has 0 amide bonds. The lowest BCUT2D eigenvalue weighted by molar-refractivity contribution is 0.313. The van der Waals surface area contributed by atoms with Crippen LogP contribution in [0.3, 0.4) is 0 Å². The second-order valence-electron chi connectivity index (χ2n) is 4.84. The summed E-state index contributed by atoms with van der Waals surface area (Å²) < 4.78 is 26.9. The Kier molecular flexibility index (Phi) is 3.33. The van der Waals surface area contributed by atoms with Crippen LogP contribution in [0, 0.1) is 17.6 Å². The van der Waals surface area contributed by atoms with Crippen LogP contribution in [0.25, 0.3) is 0 Å². The fraction of sp³-hybridized carbons (Fsp3) is 0.538. The number of hydrogen-bond donors (Lipinski definition) is 1. The average molecular weight is 240 g/mol. The summed E-state index contributed by atoms with van der Waals surface area (Å²) >= 11 is 0. The zero-order valence-corrected chi connectivity index (χ0v) is 10.2. The first-order valence-electron chi connectivity index (χ1n) is 5.98. The quantitative estimate of drug-likeness (QED) is 0.817. The van der Waals surface area contributed by atoms with Gasteiger partial charge in [-0.3, -0.25) is 0 Å². The van der Waals surface area contributed by atoms with Crippen molar-refractivity contribution in [2.24, 2.45) is 11.7 Å². The van der Waals surface area contributed by atoms with E-state index in [0.717, 1.165) is 12.5 Å². The van der Waals surface area contributed by atoms with Crippen LogP contribution in [-0.2, 0) is 0 Å². The summed E-state index contributed by atoms with van der Waals surface area (Å²) in [5.74, 6) is -0.511. The Morgan fingerprint density at radius 1 is 1.29 bits per heavy atom. The van der Waals surface area contributed by atoms with Crippen LogP contribution in [0.15, 0.2) is 18.2 Å². The van der Waals surface area contributed by atoms with Gasteiger partial charge < -0.3 is 10.6 Å². The lowest BCUT2D eigenvalue weighted by Gasteiger charge is -2.42. The molecule has 2 N–H and O–H groups in total. The van der Waals surface area contributed by atoms with Crippen LogP contribution < -0.4 is 10.6 Å². The summed E-state index contributed by atoms with van der Waals surface area (Å²) in [4.78, 5) is 1.91. The van der Waals surface area contributed by atoms with E-state index >= 15 is 0 Å². The van der Waals surface area contributed by atoms with E-state index in [1.54, 1.807) is 0 Å². The van der Waals surface area contributed by atoms with E-state index in [1.807, 2.05) is 11.8 Å². The van der Waals surface area contributed by atoms with Crippen molar-refractivity contribution >= 4 is 5.69 Å². The molecule has 1 saturated heterocycles. The predicted molar refractivity (Wildman–Crippen MR) is 64.9 cm³/mol. The highest BCUT2D eigenvalue weighted by atomic mass is 19.1. The normalized spacial score (nSPS) is 29.5. The second kappa shape index (κ2) is 4.61. The van der Waals surface area contributed by atoms with Crippen molar-refractivity contribution in [1.29, 1.82) is 0 Å². The van der Waals surface area contributed by atoms with Crippen LogP contribution in [0.4, 0.5) is 14.5 Å². The zero-order valence-electron chi connectivity index (χ0n) is 10.2. The van der Waals surface area contributed by atoms with Gasteiger partial charge in [-0.25, -0.2) is 8.78 Å². The minimum Gasteiger partial charge on any atom is -0.366 e.